The molecule has 20 heavy (non-hydrogen) atoms. The number of benzene rings is 1. The fourth-order valence-corrected chi connectivity index (χ4v) is 2.49. The van der Waals surface area contributed by atoms with Crippen molar-refractivity contribution in [2.45, 2.75) is 6.42 Å². The summed E-state index contributed by atoms with van der Waals surface area (Å²) in [5.74, 6) is -2.64. The molecule has 0 spiro atoms. The second-order valence-corrected chi connectivity index (χ2v) is 4.78. The Hall–Kier alpha value is -2.08. The number of halogens is 1. The highest BCUT2D eigenvalue weighted by molar-refractivity contribution is 6.34. The Morgan fingerprint density at radius 3 is 2.75 bits per heavy atom. The van der Waals surface area contributed by atoms with Crippen molar-refractivity contribution in [1.82, 2.24) is 0 Å². The lowest BCUT2D eigenvalue weighted by Crippen LogP contribution is -2.28. The first-order valence-corrected chi connectivity index (χ1v) is 6.23. The molecule has 0 aliphatic carbocycles. The topological polar surface area (TPSA) is 83.9 Å². The second kappa shape index (κ2) is 5.50. The van der Waals surface area contributed by atoms with Gasteiger partial charge in [-0.2, -0.15) is 0 Å². The van der Waals surface area contributed by atoms with E-state index in [0.29, 0.717) is 0 Å². The van der Waals surface area contributed by atoms with Gasteiger partial charge in [0.2, 0.25) is 5.91 Å². The van der Waals surface area contributed by atoms with E-state index < -0.39 is 17.9 Å². The van der Waals surface area contributed by atoms with Gasteiger partial charge in [0.1, 0.15) is 0 Å². The van der Waals surface area contributed by atoms with E-state index in [1.807, 2.05) is 0 Å². The molecule has 1 heterocycles. The largest absolute Gasteiger partial charge is 0.478 e. The zero-order valence-electron chi connectivity index (χ0n) is 10.6. The van der Waals surface area contributed by atoms with Gasteiger partial charge in [0.15, 0.2) is 0 Å². The van der Waals surface area contributed by atoms with Crippen molar-refractivity contribution in [2.75, 3.05) is 18.6 Å². The number of aromatic carboxylic acids is 1. The molecule has 1 N–H and O–H groups in total. The number of carboxylic acid groups (broad SMARTS) is 1. The van der Waals surface area contributed by atoms with Crippen molar-refractivity contribution < 1.29 is 24.2 Å². The van der Waals surface area contributed by atoms with Crippen molar-refractivity contribution in [1.29, 1.82) is 0 Å². The number of hydrogen-bond donors (Lipinski definition) is 1. The average Bonchev–Trinajstić information content (AvgIpc) is 2.79. The molecule has 7 heteroatoms. The summed E-state index contributed by atoms with van der Waals surface area (Å²) in [5, 5.41) is 9.33. The van der Waals surface area contributed by atoms with E-state index in [1.54, 1.807) is 0 Å². The molecule has 1 amide bonds. The molecule has 6 nitrogen and oxygen atoms in total. The van der Waals surface area contributed by atoms with Crippen molar-refractivity contribution in [3.8, 4) is 0 Å². The van der Waals surface area contributed by atoms with Crippen LogP contribution in [0.15, 0.2) is 18.2 Å². The van der Waals surface area contributed by atoms with Gasteiger partial charge in [-0.1, -0.05) is 17.7 Å². The summed E-state index contributed by atoms with van der Waals surface area (Å²) in [6.45, 7) is 0.0650. The Bertz CT molecular complexity index is 586. The summed E-state index contributed by atoms with van der Waals surface area (Å²) in [5.41, 5.74) is 0.0504. The Labute approximate surface area is 119 Å². The SMILES string of the molecule is COC(=O)C1CC(=O)N(c2c(Cl)cccc2C(=O)O)C1. The van der Waals surface area contributed by atoms with Gasteiger partial charge in [0.05, 0.1) is 29.3 Å². The number of esters is 1. The maximum absolute atomic E-state index is 12.0. The molecular weight excluding hydrogens is 286 g/mol. The van der Waals surface area contributed by atoms with Crippen LogP contribution in [0.3, 0.4) is 0 Å². The minimum atomic E-state index is -1.18. The number of amides is 1. The van der Waals surface area contributed by atoms with Gasteiger partial charge in [-0.05, 0) is 12.1 Å². The first kappa shape index (κ1) is 14.3. The Morgan fingerprint density at radius 2 is 2.15 bits per heavy atom. The van der Waals surface area contributed by atoms with Crippen molar-refractivity contribution in [2.24, 2.45) is 5.92 Å². The van der Waals surface area contributed by atoms with Crippen LogP contribution in [0.2, 0.25) is 5.02 Å². The molecule has 1 saturated heterocycles. The van der Waals surface area contributed by atoms with Gasteiger partial charge in [0, 0.05) is 13.0 Å². The van der Waals surface area contributed by atoms with Crippen LogP contribution in [0.5, 0.6) is 0 Å². The summed E-state index contributed by atoms with van der Waals surface area (Å²) in [4.78, 5) is 35.9. The highest BCUT2D eigenvalue weighted by atomic mass is 35.5. The van der Waals surface area contributed by atoms with Gasteiger partial charge in [-0.3, -0.25) is 9.59 Å². The molecule has 0 bridgehead atoms. The van der Waals surface area contributed by atoms with E-state index in [0.717, 1.165) is 0 Å². The molecule has 1 atom stereocenters. The Balaban J connectivity index is 2.40. The number of methoxy groups -OCH3 is 1. The predicted molar refractivity (Wildman–Crippen MR) is 70.9 cm³/mol. The van der Waals surface area contributed by atoms with Crippen LogP contribution < -0.4 is 4.90 Å². The molecule has 0 aromatic heterocycles. The van der Waals surface area contributed by atoms with Crippen molar-refractivity contribution >= 4 is 35.1 Å². The number of anilines is 1. The number of hydrogen-bond acceptors (Lipinski definition) is 4. The number of nitrogens with zero attached hydrogens (tertiary/aromatic N) is 1. The average molecular weight is 298 g/mol. The molecule has 0 saturated carbocycles. The predicted octanol–water partition coefficient (Wildman–Crippen LogP) is 1.56. The molecule has 1 aliphatic rings. The third-order valence-electron chi connectivity index (χ3n) is 3.15. The maximum atomic E-state index is 12.0. The van der Waals surface area contributed by atoms with E-state index in [1.165, 1.54) is 30.2 Å². The maximum Gasteiger partial charge on any atom is 0.337 e. The van der Waals surface area contributed by atoms with E-state index in [2.05, 4.69) is 4.74 Å². The summed E-state index contributed by atoms with van der Waals surface area (Å²) < 4.78 is 4.61. The molecular formula is C13H12ClNO5. The lowest BCUT2D eigenvalue weighted by Gasteiger charge is -2.20. The van der Waals surface area contributed by atoms with Crippen molar-refractivity contribution in [3.05, 3.63) is 28.8 Å². The number of carbonyl (C=O) groups excluding carboxylic acids is 2. The molecule has 0 radical (unpaired) electrons. The smallest absolute Gasteiger partial charge is 0.337 e. The van der Waals surface area contributed by atoms with E-state index in [9.17, 15) is 14.4 Å². The molecule has 1 unspecified atom stereocenters. The first-order chi connectivity index (χ1) is 9.45. The molecule has 106 valence electrons. The van der Waals surface area contributed by atoms with Crippen LogP contribution in [0, 0.1) is 5.92 Å². The lowest BCUT2D eigenvalue weighted by atomic mass is 10.1. The van der Waals surface area contributed by atoms with Crippen LogP contribution in [0.1, 0.15) is 16.8 Å². The number of carboxylic acids is 1. The zero-order valence-corrected chi connectivity index (χ0v) is 11.4. The Kier molecular flexibility index (Phi) is 3.94. The standard InChI is InChI=1S/C13H12ClNO5/c1-20-13(19)7-5-10(16)15(6-7)11-8(12(17)18)3-2-4-9(11)14/h2-4,7H,5-6H2,1H3,(H,17,18). The molecule has 1 aromatic rings. The number of rotatable bonds is 3. The lowest BCUT2D eigenvalue weighted by molar-refractivity contribution is -0.145. The van der Waals surface area contributed by atoms with E-state index in [-0.39, 0.29) is 35.1 Å². The number of para-hydroxylation sites is 1. The Morgan fingerprint density at radius 1 is 1.45 bits per heavy atom. The molecule has 1 aromatic carbocycles. The summed E-state index contributed by atoms with van der Waals surface area (Å²) in [7, 11) is 1.24. The molecule has 1 fully saturated rings. The van der Waals surface area contributed by atoms with Crippen molar-refractivity contribution in [3.63, 3.8) is 0 Å². The summed E-state index contributed by atoms with van der Waals surface area (Å²) >= 11 is 6.01. The van der Waals surface area contributed by atoms with Crippen LogP contribution in [-0.2, 0) is 14.3 Å². The third kappa shape index (κ3) is 2.46. The summed E-state index contributed by atoms with van der Waals surface area (Å²) in [6.07, 6.45) is -0.0169. The van der Waals surface area contributed by atoms with Crippen LogP contribution in [0.25, 0.3) is 0 Å². The van der Waals surface area contributed by atoms with Crippen LogP contribution in [-0.4, -0.2) is 36.6 Å². The van der Waals surface area contributed by atoms with Gasteiger partial charge < -0.3 is 14.7 Å². The minimum Gasteiger partial charge on any atom is -0.478 e. The van der Waals surface area contributed by atoms with Gasteiger partial charge in [0.25, 0.3) is 0 Å². The normalized spacial score (nSPS) is 18.2. The van der Waals surface area contributed by atoms with Gasteiger partial charge in [-0.15, -0.1) is 0 Å². The van der Waals surface area contributed by atoms with Crippen LogP contribution in [0.4, 0.5) is 5.69 Å². The first-order valence-electron chi connectivity index (χ1n) is 5.85. The van der Waals surface area contributed by atoms with E-state index >= 15 is 0 Å². The van der Waals surface area contributed by atoms with Gasteiger partial charge in [-0.25, -0.2) is 4.79 Å². The zero-order chi connectivity index (χ0) is 14.9. The third-order valence-corrected chi connectivity index (χ3v) is 3.45. The van der Waals surface area contributed by atoms with Gasteiger partial charge >= 0.3 is 11.9 Å². The fraction of sp³-hybridized carbons (Fsp3) is 0.308. The monoisotopic (exact) mass is 297 g/mol. The fourth-order valence-electron chi connectivity index (χ4n) is 2.21. The second-order valence-electron chi connectivity index (χ2n) is 4.37. The highest BCUT2D eigenvalue weighted by Crippen LogP contribution is 2.34. The quantitative estimate of drug-likeness (QED) is 0.856. The summed E-state index contributed by atoms with van der Waals surface area (Å²) in [6, 6.07) is 4.36. The van der Waals surface area contributed by atoms with Crippen LogP contribution >= 0.6 is 11.6 Å². The number of ether oxygens (including phenoxy) is 1. The minimum absolute atomic E-state index is 0.0169. The highest BCUT2D eigenvalue weighted by Gasteiger charge is 2.38. The molecule has 2 rings (SSSR count). The number of carbonyl (C=O) groups is 3. The van der Waals surface area contributed by atoms with E-state index in [4.69, 9.17) is 16.7 Å². The molecule has 1 aliphatic heterocycles.